The van der Waals surface area contributed by atoms with Crippen molar-refractivity contribution in [2.24, 2.45) is 0 Å². The molecule has 0 amide bonds. The summed E-state index contributed by atoms with van der Waals surface area (Å²) in [4.78, 5) is 11.6. The number of ether oxygens (including phenoxy) is 1. The minimum absolute atomic E-state index is 0.594. The van der Waals surface area contributed by atoms with E-state index < -0.39 is 0 Å². The second kappa shape index (κ2) is 6.26. The van der Waals surface area contributed by atoms with Gasteiger partial charge in [0.2, 0.25) is 5.95 Å². The molecular weight excluding hydrogens is 292 g/mol. The zero-order valence-corrected chi connectivity index (χ0v) is 12.7. The van der Waals surface area contributed by atoms with Crippen molar-refractivity contribution in [3.8, 4) is 0 Å². The number of morpholine rings is 1. The van der Waals surface area contributed by atoms with Gasteiger partial charge in [-0.1, -0.05) is 12.1 Å². The number of benzene rings is 1. The highest BCUT2D eigenvalue weighted by atomic mass is 16.5. The monoisotopic (exact) mass is 310 g/mol. The summed E-state index contributed by atoms with van der Waals surface area (Å²) in [5.74, 6) is 2.45. The molecule has 0 unspecified atom stereocenters. The van der Waals surface area contributed by atoms with Gasteiger partial charge in [0, 0.05) is 18.5 Å². The van der Waals surface area contributed by atoms with E-state index in [0.717, 1.165) is 41.5 Å². The van der Waals surface area contributed by atoms with E-state index in [1.165, 1.54) is 0 Å². The molecule has 6 heteroatoms. The molecule has 2 aromatic heterocycles. The summed E-state index contributed by atoms with van der Waals surface area (Å²) in [6.07, 6.45) is 1.67. The number of para-hydroxylation sites is 1. The average Bonchev–Trinajstić information content (AvgIpc) is 3.14. The van der Waals surface area contributed by atoms with E-state index in [4.69, 9.17) is 19.1 Å². The van der Waals surface area contributed by atoms with Gasteiger partial charge in [0.15, 0.2) is 0 Å². The van der Waals surface area contributed by atoms with Gasteiger partial charge < -0.3 is 19.4 Å². The lowest BCUT2D eigenvalue weighted by molar-refractivity contribution is 0.122. The van der Waals surface area contributed by atoms with Gasteiger partial charge in [0.1, 0.15) is 11.6 Å². The molecule has 3 heterocycles. The van der Waals surface area contributed by atoms with Crippen molar-refractivity contribution < 1.29 is 9.15 Å². The summed E-state index contributed by atoms with van der Waals surface area (Å²) in [5, 5.41) is 4.38. The smallest absolute Gasteiger partial charge is 0.228 e. The van der Waals surface area contributed by atoms with Crippen LogP contribution in [0.25, 0.3) is 10.9 Å². The highest BCUT2D eigenvalue weighted by Crippen LogP contribution is 2.24. The van der Waals surface area contributed by atoms with Crippen LogP contribution in [-0.4, -0.2) is 36.3 Å². The third-order valence-electron chi connectivity index (χ3n) is 3.90. The first-order valence-corrected chi connectivity index (χ1v) is 7.76. The van der Waals surface area contributed by atoms with Crippen molar-refractivity contribution in [2.75, 3.05) is 36.5 Å². The van der Waals surface area contributed by atoms with E-state index in [9.17, 15) is 0 Å². The Labute approximate surface area is 134 Å². The van der Waals surface area contributed by atoms with Gasteiger partial charge in [-0.25, -0.2) is 4.98 Å². The molecule has 1 fully saturated rings. The molecule has 0 spiro atoms. The minimum Gasteiger partial charge on any atom is -0.467 e. The SMILES string of the molecule is c1coc(CNc2nc(N3CCOCC3)nc3ccccc23)c1. The third-order valence-corrected chi connectivity index (χ3v) is 3.90. The van der Waals surface area contributed by atoms with E-state index in [1.807, 2.05) is 36.4 Å². The van der Waals surface area contributed by atoms with Crippen LogP contribution in [0, 0.1) is 0 Å². The number of fused-ring (bicyclic) bond motifs is 1. The maximum absolute atomic E-state index is 5.41. The van der Waals surface area contributed by atoms with Crippen molar-refractivity contribution in [3.05, 3.63) is 48.4 Å². The maximum Gasteiger partial charge on any atom is 0.228 e. The summed E-state index contributed by atoms with van der Waals surface area (Å²) in [6, 6.07) is 11.9. The molecule has 1 aromatic carbocycles. The molecule has 1 saturated heterocycles. The van der Waals surface area contributed by atoms with E-state index in [-0.39, 0.29) is 0 Å². The molecule has 0 bridgehead atoms. The van der Waals surface area contributed by atoms with E-state index in [2.05, 4.69) is 10.2 Å². The van der Waals surface area contributed by atoms with Crippen LogP contribution >= 0.6 is 0 Å². The quantitative estimate of drug-likeness (QED) is 0.799. The number of hydrogen-bond acceptors (Lipinski definition) is 6. The Morgan fingerprint density at radius 1 is 1.04 bits per heavy atom. The Hall–Kier alpha value is -2.60. The highest BCUT2D eigenvalue weighted by molar-refractivity contribution is 5.90. The molecule has 6 nitrogen and oxygen atoms in total. The van der Waals surface area contributed by atoms with Crippen molar-refractivity contribution in [2.45, 2.75) is 6.54 Å². The van der Waals surface area contributed by atoms with Crippen molar-refractivity contribution >= 4 is 22.7 Å². The van der Waals surface area contributed by atoms with Gasteiger partial charge in [-0.05, 0) is 24.3 Å². The third kappa shape index (κ3) is 2.98. The molecule has 0 aliphatic carbocycles. The minimum atomic E-state index is 0.594. The number of rotatable bonds is 4. The van der Waals surface area contributed by atoms with Gasteiger partial charge >= 0.3 is 0 Å². The molecular formula is C17H18N4O2. The number of aromatic nitrogens is 2. The number of hydrogen-bond donors (Lipinski definition) is 1. The van der Waals surface area contributed by atoms with E-state index in [0.29, 0.717) is 19.8 Å². The lowest BCUT2D eigenvalue weighted by atomic mass is 10.2. The maximum atomic E-state index is 5.41. The molecule has 4 rings (SSSR count). The first kappa shape index (κ1) is 14.0. The summed E-state index contributed by atoms with van der Waals surface area (Å²) < 4.78 is 10.8. The predicted octanol–water partition coefficient (Wildman–Crippen LogP) is 2.67. The van der Waals surface area contributed by atoms with Crippen molar-refractivity contribution in [1.82, 2.24) is 9.97 Å². The number of nitrogens with zero attached hydrogens (tertiary/aromatic N) is 3. The van der Waals surface area contributed by atoms with Gasteiger partial charge in [-0.15, -0.1) is 0 Å². The Bertz CT molecular complexity index is 782. The molecule has 1 aliphatic heterocycles. The van der Waals surface area contributed by atoms with Crippen LogP contribution in [0.5, 0.6) is 0 Å². The molecule has 0 radical (unpaired) electrons. The molecule has 1 N–H and O–H groups in total. The first-order valence-electron chi connectivity index (χ1n) is 7.76. The van der Waals surface area contributed by atoms with Crippen LogP contribution in [0.15, 0.2) is 47.1 Å². The first-order chi connectivity index (χ1) is 11.4. The molecule has 118 valence electrons. The Morgan fingerprint density at radius 2 is 1.91 bits per heavy atom. The highest BCUT2D eigenvalue weighted by Gasteiger charge is 2.16. The summed E-state index contributed by atoms with van der Waals surface area (Å²) in [5.41, 5.74) is 0.936. The second-order valence-corrected chi connectivity index (χ2v) is 5.42. The van der Waals surface area contributed by atoms with Crippen LogP contribution in [-0.2, 0) is 11.3 Å². The topological polar surface area (TPSA) is 63.4 Å². The Morgan fingerprint density at radius 3 is 2.74 bits per heavy atom. The number of nitrogens with one attached hydrogen (secondary N) is 1. The van der Waals surface area contributed by atoms with Crippen LogP contribution in [0.3, 0.4) is 0 Å². The second-order valence-electron chi connectivity index (χ2n) is 5.42. The largest absolute Gasteiger partial charge is 0.467 e. The van der Waals surface area contributed by atoms with Gasteiger partial charge in [0.25, 0.3) is 0 Å². The molecule has 23 heavy (non-hydrogen) atoms. The van der Waals surface area contributed by atoms with Crippen LogP contribution in [0.2, 0.25) is 0 Å². The standard InChI is InChI=1S/C17H18N4O2/c1-2-6-15-14(5-1)16(18-12-13-4-3-9-23-13)20-17(19-15)21-7-10-22-11-8-21/h1-6,9H,7-8,10-12H2,(H,18,19,20). The molecule has 0 saturated carbocycles. The number of anilines is 2. The van der Waals surface area contributed by atoms with E-state index in [1.54, 1.807) is 6.26 Å². The summed E-state index contributed by atoms with van der Waals surface area (Å²) >= 11 is 0. The summed E-state index contributed by atoms with van der Waals surface area (Å²) in [7, 11) is 0. The Kier molecular flexibility index (Phi) is 3.81. The van der Waals surface area contributed by atoms with Crippen molar-refractivity contribution in [1.29, 1.82) is 0 Å². The zero-order chi connectivity index (χ0) is 15.5. The lowest BCUT2D eigenvalue weighted by Crippen LogP contribution is -2.37. The fourth-order valence-corrected chi connectivity index (χ4v) is 2.69. The molecule has 1 aliphatic rings. The molecule has 0 atom stereocenters. The fourth-order valence-electron chi connectivity index (χ4n) is 2.69. The molecule has 3 aromatic rings. The van der Waals surface area contributed by atoms with Gasteiger partial charge in [0.05, 0.1) is 31.5 Å². The fraction of sp³-hybridized carbons (Fsp3) is 0.294. The van der Waals surface area contributed by atoms with Crippen molar-refractivity contribution in [3.63, 3.8) is 0 Å². The van der Waals surface area contributed by atoms with Crippen LogP contribution in [0.1, 0.15) is 5.76 Å². The normalized spacial score (nSPS) is 15.0. The average molecular weight is 310 g/mol. The zero-order valence-electron chi connectivity index (χ0n) is 12.7. The van der Waals surface area contributed by atoms with E-state index >= 15 is 0 Å². The Balaban J connectivity index is 1.68. The van der Waals surface area contributed by atoms with Gasteiger partial charge in [-0.3, -0.25) is 0 Å². The number of furan rings is 1. The van der Waals surface area contributed by atoms with Crippen LogP contribution in [0.4, 0.5) is 11.8 Å². The summed E-state index contributed by atoms with van der Waals surface area (Å²) in [6.45, 7) is 3.65. The van der Waals surface area contributed by atoms with Crippen LogP contribution < -0.4 is 10.2 Å². The van der Waals surface area contributed by atoms with Gasteiger partial charge in [-0.2, -0.15) is 4.98 Å². The lowest BCUT2D eigenvalue weighted by Gasteiger charge is -2.27. The predicted molar refractivity (Wildman–Crippen MR) is 88.6 cm³/mol.